The van der Waals surface area contributed by atoms with Crippen molar-refractivity contribution in [3.05, 3.63) is 35.6 Å². The molecule has 0 aliphatic rings. The zero-order chi connectivity index (χ0) is 12.8. The SMILES string of the molecule is CC(C)C(=O)CNC(=O)Cc1ccccc1F. The fraction of sp³-hybridized carbons (Fsp3) is 0.385. The molecule has 1 aromatic carbocycles. The van der Waals surface area contributed by atoms with Gasteiger partial charge in [-0.05, 0) is 11.6 Å². The van der Waals surface area contributed by atoms with Crippen molar-refractivity contribution in [3.8, 4) is 0 Å². The molecule has 92 valence electrons. The van der Waals surface area contributed by atoms with Gasteiger partial charge in [0.1, 0.15) is 5.82 Å². The van der Waals surface area contributed by atoms with Gasteiger partial charge < -0.3 is 5.32 Å². The fourth-order valence-electron chi connectivity index (χ4n) is 1.27. The topological polar surface area (TPSA) is 46.2 Å². The van der Waals surface area contributed by atoms with Gasteiger partial charge in [0.25, 0.3) is 0 Å². The van der Waals surface area contributed by atoms with Crippen LogP contribution in [0.15, 0.2) is 24.3 Å². The number of rotatable bonds is 5. The minimum absolute atomic E-state index is 0.00491. The smallest absolute Gasteiger partial charge is 0.224 e. The van der Waals surface area contributed by atoms with E-state index in [4.69, 9.17) is 0 Å². The summed E-state index contributed by atoms with van der Waals surface area (Å²) >= 11 is 0. The van der Waals surface area contributed by atoms with E-state index >= 15 is 0 Å². The third-order valence-electron chi connectivity index (χ3n) is 2.41. The first-order valence-electron chi connectivity index (χ1n) is 5.53. The van der Waals surface area contributed by atoms with Gasteiger partial charge in [0.15, 0.2) is 5.78 Å². The number of halogens is 1. The molecular formula is C13H16FNO2. The van der Waals surface area contributed by atoms with Crippen molar-refractivity contribution < 1.29 is 14.0 Å². The van der Waals surface area contributed by atoms with Crippen molar-refractivity contribution in [2.75, 3.05) is 6.54 Å². The molecule has 0 saturated heterocycles. The molecule has 0 aliphatic heterocycles. The monoisotopic (exact) mass is 237 g/mol. The first-order valence-corrected chi connectivity index (χ1v) is 5.53. The Morgan fingerprint density at radius 1 is 1.29 bits per heavy atom. The molecule has 1 rings (SSSR count). The maximum atomic E-state index is 13.2. The number of benzene rings is 1. The average Bonchev–Trinajstić information content (AvgIpc) is 2.29. The van der Waals surface area contributed by atoms with Crippen molar-refractivity contribution >= 4 is 11.7 Å². The number of hydrogen-bond donors (Lipinski definition) is 1. The summed E-state index contributed by atoms with van der Waals surface area (Å²) in [5, 5.41) is 2.48. The van der Waals surface area contributed by atoms with Crippen LogP contribution >= 0.6 is 0 Å². The summed E-state index contributed by atoms with van der Waals surface area (Å²) in [4.78, 5) is 22.7. The van der Waals surface area contributed by atoms with Crippen LogP contribution in [-0.2, 0) is 16.0 Å². The molecule has 1 amide bonds. The van der Waals surface area contributed by atoms with E-state index in [0.717, 1.165) is 0 Å². The van der Waals surface area contributed by atoms with Crippen molar-refractivity contribution in [1.82, 2.24) is 5.32 Å². The van der Waals surface area contributed by atoms with E-state index in [2.05, 4.69) is 5.32 Å². The zero-order valence-electron chi connectivity index (χ0n) is 10.00. The predicted molar refractivity (Wildman–Crippen MR) is 63.0 cm³/mol. The van der Waals surface area contributed by atoms with Gasteiger partial charge in [-0.1, -0.05) is 32.0 Å². The largest absolute Gasteiger partial charge is 0.349 e. The minimum Gasteiger partial charge on any atom is -0.349 e. The van der Waals surface area contributed by atoms with E-state index in [1.165, 1.54) is 6.07 Å². The van der Waals surface area contributed by atoms with Crippen LogP contribution in [-0.4, -0.2) is 18.2 Å². The Balaban J connectivity index is 2.46. The quantitative estimate of drug-likeness (QED) is 0.847. The van der Waals surface area contributed by atoms with Crippen LogP contribution in [0, 0.1) is 11.7 Å². The Morgan fingerprint density at radius 2 is 1.94 bits per heavy atom. The number of hydrogen-bond acceptors (Lipinski definition) is 2. The highest BCUT2D eigenvalue weighted by molar-refractivity contribution is 5.87. The lowest BCUT2D eigenvalue weighted by Gasteiger charge is -2.07. The second-order valence-corrected chi connectivity index (χ2v) is 4.17. The van der Waals surface area contributed by atoms with Gasteiger partial charge >= 0.3 is 0 Å². The van der Waals surface area contributed by atoms with Crippen LogP contribution < -0.4 is 5.32 Å². The molecule has 0 fully saturated rings. The second kappa shape index (κ2) is 6.13. The summed E-state index contributed by atoms with van der Waals surface area (Å²) in [5.74, 6) is -0.891. The molecule has 0 unspecified atom stereocenters. The van der Waals surface area contributed by atoms with Crippen molar-refractivity contribution in [1.29, 1.82) is 0 Å². The molecule has 0 spiro atoms. The third kappa shape index (κ3) is 4.34. The number of carbonyl (C=O) groups excluding carboxylic acids is 2. The Labute approximate surface area is 100 Å². The van der Waals surface area contributed by atoms with Crippen LogP contribution in [0.2, 0.25) is 0 Å². The van der Waals surface area contributed by atoms with E-state index in [-0.39, 0.29) is 30.6 Å². The number of carbonyl (C=O) groups is 2. The summed E-state index contributed by atoms with van der Waals surface area (Å²) in [5.41, 5.74) is 0.335. The first-order chi connectivity index (χ1) is 8.00. The molecule has 0 aliphatic carbocycles. The molecule has 0 bridgehead atoms. The number of Topliss-reactive ketones (excluding diaryl/α,β-unsaturated/α-hetero) is 1. The van der Waals surface area contributed by atoms with Gasteiger partial charge in [0.05, 0.1) is 13.0 Å². The van der Waals surface area contributed by atoms with Crippen molar-refractivity contribution in [3.63, 3.8) is 0 Å². The van der Waals surface area contributed by atoms with E-state index in [0.29, 0.717) is 5.56 Å². The van der Waals surface area contributed by atoms with E-state index < -0.39 is 5.82 Å². The maximum Gasteiger partial charge on any atom is 0.224 e. The van der Waals surface area contributed by atoms with Gasteiger partial charge in [-0.15, -0.1) is 0 Å². The Hall–Kier alpha value is -1.71. The number of amides is 1. The Kier molecular flexibility index (Phi) is 4.82. The van der Waals surface area contributed by atoms with E-state index in [1.54, 1.807) is 32.0 Å². The van der Waals surface area contributed by atoms with Crippen LogP contribution in [0.1, 0.15) is 19.4 Å². The van der Waals surface area contributed by atoms with Gasteiger partial charge in [0.2, 0.25) is 5.91 Å². The summed E-state index contributed by atoms with van der Waals surface area (Å²) in [6.45, 7) is 3.54. The summed E-state index contributed by atoms with van der Waals surface area (Å²) in [7, 11) is 0. The molecule has 1 N–H and O–H groups in total. The van der Waals surface area contributed by atoms with Gasteiger partial charge in [-0.2, -0.15) is 0 Å². The van der Waals surface area contributed by atoms with Crippen LogP contribution in [0.5, 0.6) is 0 Å². The molecule has 4 heteroatoms. The third-order valence-corrected chi connectivity index (χ3v) is 2.41. The molecule has 1 aromatic rings. The molecule has 3 nitrogen and oxygen atoms in total. The highest BCUT2D eigenvalue weighted by Crippen LogP contribution is 2.06. The first kappa shape index (κ1) is 13.4. The summed E-state index contributed by atoms with van der Waals surface area (Å²) < 4.78 is 13.2. The molecular weight excluding hydrogens is 221 g/mol. The molecule has 17 heavy (non-hydrogen) atoms. The van der Waals surface area contributed by atoms with E-state index in [9.17, 15) is 14.0 Å². The highest BCUT2D eigenvalue weighted by atomic mass is 19.1. The normalized spacial score (nSPS) is 10.4. The molecule has 0 aromatic heterocycles. The van der Waals surface area contributed by atoms with Gasteiger partial charge in [-0.3, -0.25) is 9.59 Å². The predicted octanol–water partition coefficient (Wildman–Crippen LogP) is 1.71. The van der Waals surface area contributed by atoms with Crippen LogP contribution in [0.25, 0.3) is 0 Å². The lowest BCUT2D eigenvalue weighted by Crippen LogP contribution is -2.32. The van der Waals surface area contributed by atoms with Crippen LogP contribution in [0.4, 0.5) is 4.39 Å². The highest BCUT2D eigenvalue weighted by Gasteiger charge is 2.11. The number of ketones is 1. The van der Waals surface area contributed by atoms with Gasteiger partial charge in [0, 0.05) is 5.92 Å². The fourth-order valence-corrected chi connectivity index (χ4v) is 1.27. The van der Waals surface area contributed by atoms with Crippen molar-refractivity contribution in [2.45, 2.75) is 20.3 Å². The zero-order valence-corrected chi connectivity index (χ0v) is 10.00. The standard InChI is InChI=1S/C13H16FNO2/c1-9(2)12(16)8-15-13(17)7-10-5-3-4-6-11(10)14/h3-6,9H,7-8H2,1-2H3,(H,15,17). The molecule has 0 saturated carbocycles. The second-order valence-electron chi connectivity index (χ2n) is 4.17. The molecule has 0 radical (unpaired) electrons. The average molecular weight is 237 g/mol. The maximum absolute atomic E-state index is 13.2. The minimum atomic E-state index is -0.405. The van der Waals surface area contributed by atoms with Crippen LogP contribution in [0.3, 0.4) is 0 Å². The van der Waals surface area contributed by atoms with E-state index in [1.807, 2.05) is 0 Å². The lowest BCUT2D eigenvalue weighted by atomic mass is 10.1. The molecule has 0 heterocycles. The van der Waals surface area contributed by atoms with Gasteiger partial charge in [-0.25, -0.2) is 4.39 Å². The Morgan fingerprint density at radius 3 is 2.53 bits per heavy atom. The lowest BCUT2D eigenvalue weighted by molar-refractivity contribution is -0.126. The summed E-state index contributed by atoms with van der Waals surface area (Å²) in [6.07, 6.45) is -0.0436. The van der Waals surface area contributed by atoms with Crippen molar-refractivity contribution in [2.24, 2.45) is 5.92 Å². The number of nitrogens with one attached hydrogen (secondary N) is 1. The summed E-state index contributed by atoms with van der Waals surface area (Å²) in [6, 6.07) is 6.10. The Bertz CT molecular complexity index is 416. The molecule has 0 atom stereocenters.